The monoisotopic (exact) mass is 417 g/mol. The molecular weight excluding hydrogens is 390 g/mol. The topological polar surface area (TPSA) is 108 Å². The van der Waals surface area contributed by atoms with Crippen LogP contribution in [0.3, 0.4) is 0 Å². The maximum Gasteiger partial charge on any atom is 0.257 e. The van der Waals surface area contributed by atoms with Crippen molar-refractivity contribution in [3.05, 3.63) is 42.2 Å². The van der Waals surface area contributed by atoms with Gasteiger partial charge in [0.15, 0.2) is 15.5 Å². The Kier molecular flexibility index (Phi) is 5.10. The van der Waals surface area contributed by atoms with Crippen molar-refractivity contribution in [1.82, 2.24) is 25.2 Å². The Hall–Kier alpha value is -2.78. The normalized spacial score (nSPS) is 15.2. The lowest BCUT2D eigenvalue weighted by atomic mass is 10.1. The summed E-state index contributed by atoms with van der Waals surface area (Å²) in [6.45, 7) is 6.18. The number of aromatic nitrogens is 3. The molecule has 1 saturated heterocycles. The van der Waals surface area contributed by atoms with Crippen LogP contribution in [0.1, 0.15) is 27.1 Å². The number of aromatic amines is 1. The first-order valence-electron chi connectivity index (χ1n) is 9.56. The van der Waals surface area contributed by atoms with Gasteiger partial charge in [-0.15, -0.1) is 0 Å². The highest BCUT2D eigenvalue weighted by Gasteiger charge is 2.23. The van der Waals surface area contributed by atoms with Crippen molar-refractivity contribution in [2.45, 2.75) is 24.0 Å². The van der Waals surface area contributed by atoms with Crippen LogP contribution in [0.5, 0.6) is 0 Å². The average molecular weight is 418 g/mol. The molecule has 1 aromatic carbocycles. The molecule has 9 heteroatoms. The van der Waals surface area contributed by atoms with Crippen LogP contribution < -0.4 is 5.32 Å². The van der Waals surface area contributed by atoms with Gasteiger partial charge in [0.25, 0.3) is 5.91 Å². The number of amides is 1. The molecule has 29 heavy (non-hydrogen) atoms. The van der Waals surface area contributed by atoms with Gasteiger partial charge in [-0.2, -0.15) is 0 Å². The molecule has 0 radical (unpaired) electrons. The fraction of sp³-hybridized carbons (Fsp3) is 0.350. The first kappa shape index (κ1) is 19.5. The molecular formula is C20H27N5O3S. The van der Waals surface area contributed by atoms with Crippen molar-refractivity contribution < 1.29 is 16.1 Å². The van der Waals surface area contributed by atoms with E-state index < -0.39 is 15.1 Å². The number of nitrogens with one attached hydrogen (secondary N) is 2. The Bertz CT molecular complexity index is 1160. The van der Waals surface area contributed by atoms with Crippen LogP contribution in [0, 0.1) is 0 Å². The van der Waals surface area contributed by atoms with Gasteiger partial charge in [-0.25, -0.2) is 18.4 Å². The number of fused-ring (bicyclic) bond motifs is 1. The second kappa shape index (κ2) is 7.57. The van der Waals surface area contributed by atoms with E-state index in [4.69, 9.17) is 0 Å². The number of benzene rings is 1. The van der Waals surface area contributed by atoms with Crippen molar-refractivity contribution in [1.29, 1.82) is 0 Å². The first-order valence-corrected chi connectivity index (χ1v) is 11.1. The summed E-state index contributed by atoms with van der Waals surface area (Å²) >= 11 is 0. The third-order valence-electron chi connectivity index (χ3n) is 5.11. The molecule has 2 N–H and O–H groups in total. The lowest BCUT2D eigenvalue weighted by molar-refractivity contribution is 0.0737. The third kappa shape index (κ3) is 3.63. The van der Waals surface area contributed by atoms with Gasteiger partial charge in [-0.05, 0) is 26.0 Å². The van der Waals surface area contributed by atoms with Crippen molar-refractivity contribution in [2.75, 3.05) is 26.2 Å². The van der Waals surface area contributed by atoms with E-state index in [1.54, 1.807) is 55.4 Å². The minimum absolute atomic E-state index is 0. The van der Waals surface area contributed by atoms with E-state index in [0.717, 1.165) is 18.7 Å². The lowest BCUT2D eigenvalue weighted by Crippen LogP contribution is -2.46. The van der Waals surface area contributed by atoms with Crippen LogP contribution in [0.4, 0.5) is 0 Å². The van der Waals surface area contributed by atoms with Gasteiger partial charge < -0.3 is 15.2 Å². The van der Waals surface area contributed by atoms with Crippen LogP contribution >= 0.6 is 0 Å². The van der Waals surface area contributed by atoms with Crippen molar-refractivity contribution in [2.24, 2.45) is 0 Å². The number of hydrogen-bond donors (Lipinski definition) is 2. The van der Waals surface area contributed by atoms with Crippen molar-refractivity contribution in [3.8, 4) is 11.3 Å². The highest BCUT2D eigenvalue weighted by molar-refractivity contribution is 7.92. The summed E-state index contributed by atoms with van der Waals surface area (Å²) in [5.74, 6) is -0.0671. The van der Waals surface area contributed by atoms with Crippen LogP contribution in [0.25, 0.3) is 22.4 Å². The molecule has 2 aromatic heterocycles. The predicted molar refractivity (Wildman–Crippen MR) is 115 cm³/mol. The molecule has 8 nitrogen and oxygen atoms in total. The van der Waals surface area contributed by atoms with E-state index in [-0.39, 0.29) is 13.7 Å². The molecule has 0 aliphatic carbocycles. The Balaban J connectivity index is 0.00000171. The van der Waals surface area contributed by atoms with Crippen LogP contribution in [0.2, 0.25) is 0 Å². The van der Waals surface area contributed by atoms with Crippen LogP contribution in [0.15, 0.2) is 41.6 Å². The van der Waals surface area contributed by atoms with E-state index in [1.807, 2.05) is 0 Å². The summed E-state index contributed by atoms with van der Waals surface area (Å²) < 4.78 is 24.6. The van der Waals surface area contributed by atoms with Gasteiger partial charge in [0.05, 0.1) is 27.6 Å². The van der Waals surface area contributed by atoms with Crippen molar-refractivity contribution >= 4 is 26.9 Å². The Labute approximate surface area is 172 Å². The minimum Gasteiger partial charge on any atom is -0.344 e. The minimum atomic E-state index is -3.33. The predicted octanol–water partition coefficient (Wildman–Crippen LogP) is 2.34. The van der Waals surface area contributed by atoms with E-state index in [9.17, 15) is 13.2 Å². The SMILES string of the molecule is CC(C)S(=O)(=O)c1ccc(-c2cnc3[nH]cc(C(=O)N4CCNCC4)c3n2)cc1.[HH].[HH]. The van der Waals surface area contributed by atoms with Gasteiger partial charge in [0.1, 0.15) is 5.52 Å². The molecule has 1 aliphatic rings. The molecule has 1 amide bonds. The first-order chi connectivity index (χ1) is 13.9. The summed E-state index contributed by atoms with van der Waals surface area (Å²) in [5.41, 5.74) is 2.88. The fourth-order valence-electron chi connectivity index (χ4n) is 3.32. The second-order valence-corrected chi connectivity index (χ2v) is 9.82. The maximum absolute atomic E-state index is 12.9. The second-order valence-electron chi connectivity index (χ2n) is 7.32. The number of sulfone groups is 1. The van der Waals surface area contributed by atoms with E-state index >= 15 is 0 Å². The van der Waals surface area contributed by atoms with E-state index in [1.165, 1.54) is 0 Å². The molecule has 1 aliphatic heterocycles. The van der Waals surface area contributed by atoms with E-state index in [0.29, 0.717) is 35.5 Å². The summed E-state index contributed by atoms with van der Waals surface area (Å²) in [6, 6.07) is 6.60. The number of carbonyl (C=O) groups is 1. The molecule has 156 valence electrons. The van der Waals surface area contributed by atoms with E-state index in [2.05, 4.69) is 20.3 Å². The highest BCUT2D eigenvalue weighted by Crippen LogP contribution is 2.24. The van der Waals surface area contributed by atoms with Gasteiger partial charge in [0, 0.05) is 40.8 Å². The Morgan fingerprint density at radius 1 is 1.17 bits per heavy atom. The Morgan fingerprint density at radius 3 is 2.52 bits per heavy atom. The van der Waals surface area contributed by atoms with Gasteiger partial charge >= 0.3 is 0 Å². The van der Waals surface area contributed by atoms with Gasteiger partial charge in [0.2, 0.25) is 0 Å². The highest BCUT2D eigenvalue weighted by atomic mass is 32.2. The standard InChI is InChI=1S/C20H23N5O3S.2H2/c1-13(2)29(27,28)15-5-3-14(4-6-15)17-12-23-19-18(24-17)16(11-22-19)20(26)25-9-7-21-8-10-25;;/h3-6,11-13,21H,7-10H2,1-2H3,(H,22,23);2*1H. The number of H-pyrrole nitrogens is 1. The molecule has 0 unspecified atom stereocenters. The summed E-state index contributed by atoms with van der Waals surface area (Å²) in [6.07, 6.45) is 3.26. The van der Waals surface area contributed by atoms with Crippen LogP contribution in [-0.2, 0) is 9.84 Å². The summed E-state index contributed by atoms with van der Waals surface area (Å²) in [5, 5.41) is 2.75. The number of piperazine rings is 1. The number of carbonyl (C=O) groups excluding carboxylic acids is 1. The smallest absolute Gasteiger partial charge is 0.257 e. The molecule has 3 heterocycles. The zero-order valence-electron chi connectivity index (χ0n) is 16.3. The largest absolute Gasteiger partial charge is 0.344 e. The molecule has 4 rings (SSSR count). The Morgan fingerprint density at radius 2 is 1.86 bits per heavy atom. The number of hydrogen-bond acceptors (Lipinski definition) is 6. The molecule has 0 bridgehead atoms. The molecule has 3 aromatic rings. The third-order valence-corrected chi connectivity index (χ3v) is 7.29. The quantitative estimate of drug-likeness (QED) is 0.675. The van der Waals surface area contributed by atoms with Crippen molar-refractivity contribution in [3.63, 3.8) is 0 Å². The molecule has 0 spiro atoms. The zero-order chi connectivity index (χ0) is 20.6. The average Bonchev–Trinajstić information content (AvgIpc) is 3.17. The molecule has 1 fully saturated rings. The zero-order valence-corrected chi connectivity index (χ0v) is 17.2. The number of nitrogens with zero attached hydrogens (tertiary/aromatic N) is 3. The molecule has 0 atom stereocenters. The fourth-order valence-corrected chi connectivity index (χ4v) is 4.38. The molecule has 0 saturated carbocycles. The van der Waals surface area contributed by atoms with Gasteiger partial charge in [-0.1, -0.05) is 12.1 Å². The number of rotatable bonds is 4. The summed E-state index contributed by atoms with van der Waals surface area (Å²) in [4.78, 5) is 27.0. The lowest BCUT2D eigenvalue weighted by Gasteiger charge is -2.27. The summed E-state index contributed by atoms with van der Waals surface area (Å²) in [7, 11) is -3.33. The van der Waals surface area contributed by atoms with Gasteiger partial charge in [-0.3, -0.25) is 4.79 Å². The maximum atomic E-state index is 12.9. The van der Waals surface area contributed by atoms with Crippen LogP contribution in [-0.4, -0.2) is 65.6 Å².